The quantitative estimate of drug-likeness (QED) is 0.314. The Morgan fingerprint density at radius 3 is 2.37 bits per heavy atom. The minimum absolute atomic E-state index is 0.0524. The molecule has 0 spiro atoms. The molecule has 0 bridgehead atoms. The molecule has 1 aliphatic heterocycles. The molecule has 8 heteroatoms. The molecule has 38 heavy (non-hydrogen) atoms. The molecule has 4 rings (SSSR count). The molecule has 1 heterocycles. The van der Waals surface area contributed by atoms with Crippen LogP contribution in [0.3, 0.4) is 0 Å². The van der Waals surface area contributed by atoms with E-state index in [1.165, 1.54) is 5.56 Å². The highest BCUT2D eigenvalue weighted by molar-refractivity contribution is 6.35. The Morgan fingerprint density at radius 2 is 1.74 bits per heavy atom. The van der Waals surface area contributed by atoms with Crippen LogP contribution in [0.2, 0.25) is 10.0 Å². The van der Waals surface area contributed by atoms with Crippen LogP contribution >= 0.6 is 23.2 Å². The van der Waals surface area contributed by atoms with Gasteiger partial charge in [-0.2, -0.15) is 5.26 Å². The molecule has 2 amide bonds. The predicted molar refractivity (Wildman–Crippen MR) is 154 cm³/mol. The summed E-state index contributed by atoms with van der Waals surface area (Å²) < 4.78 is 5.82. The van der Waals surface area contributed by atoms with Gasteiger partial charge in [0, 0.05) is 47.4 Å². The van der Waals surface area contributed by atoms with Crippen molar-refractivity contribution in [1.82, 2.24) is 10.2 Å². The largest absolute Gasteiger partial charge is 0.364 e. The monoisotopic (exact) mass is 550 g/mol. The van der Waals surface area contributed by atoms with Crippen LogP contribution in [0.1, 0.15) is 37.8 Å². The fraction of sp³-hybridized carbons (Fsp3) is 0.333. The summed E-state index contributed by atoms with van der Waals surface area (Å²) in [5.41, 5.74) is 4.16. The van der Waals surface area contributed by atoms with Crippen molar-refractivity contribution in [3.63, 3.8) is 0 Å². The van der Waals surface area contributed by atoms with Gasteiger partial charge in [-0.3, -0.25) is 4.90 Å². The maximum atomic E-state index is 12.8. The van der Waals surface area contributed by atoms with Gasteiger partial charge in [-0.25, -0.2) is 4.79 Å². The molecule has 0 aromatic heterocycles. The minimum Gasteiger partial charge on any atom is -0.364 e. The minimum atomic E-state index is -0.308. The maximum Gasteiger partial charge on any atom is 0.319 e. The van der Waals surface area contributed by atoms with Gasteiger partial charge in [0.15, 0.2) is 0 Å². The van der Waals surface area contributed by atoms with Crippen molar-refractivity contribution < 1.29 is 9.53 Å². The summed E-state index contributed by atoms with van der Waals surface area (Å²) in [6.07, 6.45) is 1.80. The zero-order valence-electron chi connectivity index (χ0n) is 21.6. The molecule has 0 aliphatic carbocycles. The van der Waals surface area contributed by atoms with Crippen LogP contribution in [0.15, 0.2) is 66.7 Å². The number of anilines is 1. The number of hydrogen-bond acceptors (Lipinski definition) is 4. The fourth-order valence-electron chi connectivity index (χ4n) is 5.07. The van der Waals surface area contributed by atoms with E-state index in [9.17, 15) is 10.1 Å². The Kier molecular flexibility index (Phi) is 9.30. The van der Waals surface area contributed by atoms with Crippen molar-refractivity contribution in [3.05, 3.63) is 87.9 Å². The van der Waals surface area contributed by atoms with Gasteiger partial charge in [-0.15, -0.1) is 0 Å². The molecule has 2 N–H and O–H groups in total. The third-order valence-corrected chi connectivity index (χ3v) is 7.64. The molecule has 1 fully saturated rings. The van der Waals surface area contributed by atoms with Crippen LogP contribution in [0.4, 0.5) is 10.5 Å². The molecule has 1 unspecified atom stereocenters. The van der Waals surface area contributed by atoms with E-state index in [4.69, 9.17) is 27.9 Å². The number of halogens is 2. The third kappa shape index (κ3) is 6.86. The first-order valence-electron chi connectivity index (χ1n) is 12.8. The van der Waals surface area contributed by atoms with E-state index in [1.807, 2.05) is 25.1 Å². The smallest absolute Gasteiger partial charge is 0.319 e. The number of nitriles is 1. The SMILES string of the molecule is CCOC(C)N1CCC(CNC(=O)Nc2cc(Cl)cc(Cl)c2)(c2ccc(-c3cccc(C#N)c3)cc2)CC1. The van der Waals surface area contributed by atoms with E-state index >= 15 is 0 Å². The summed E-state index contributed by atoms with van der Waals surface area (Å²) in [7, 11) is 0. The molecular weight excluding hydrogens is 519 g/mol. The van der Waals surface area contributed by atoms with Crippen molar-refractivity contribution in [3.8, 4) is 17.2 Å². The summed E-state index contributed by atoms with van der Waals surface area (Å²) in [4.78, 5) is 15.2. The summed E-state index contributed by atoms with van der Waals surface area (Å²) in [6, 6.07) is 22.9. The van der Waals surface area contributed by atoms with Gasteiger partial charge in [-0.1, -0.05) is 59.6 Å². The number of likely N-dealkylation sites (tertiary alicyclic amines) is 1. The number of hydrogen-bond donors (Lipinski definition) is 2. The summed E-state index contributed by atoms with van der Waals surface area (Å²) in [5.74, 6) is 0. The Balaban J connectivity index is 1.53. The van der Waals surface area contributed by atoms with E-state index in [1.54, 1.807) is 24.3 Å². The number of ether oxygens (including phenoxy) is 1. The highest BCUT2D eigenvalue weighted by atomic mass is 35.5. The number of carbonyl (C=O) groups is 1. The number of piperidine rings is 1. The molecular formula is C30H32Cl2N4O2. The average Bonchev–Trinajstić information content (AvgIpc) is 2.92. The van der Waals surface area contributed by atoms with Crippen LogP contribution in [0.25, 0.3) is 11.1 Å². The van der Waals surface area contributed by atoms with E-state index in [2.05, 4.69) is 52.8 Å². The highest BCUT2D eigenvalue weighted by Crippen LogP contribution is 2.37. The summed E-state index contributed by atoms with van der Waals surface area (Å²) >= 11 is 12.2. The van der Waals surface area contributed by atoms with E-state index < -0.39 is 0 Å². The van der Waals surface area contributed by atoms with E-state index in [0.717, 1.165) is 37.1 Å². The van der Waals surface area contributed by atoms with E-state index in [-0.39, 0.29) is 17.7 Å². The zero-order valence-corrected chi connectivity index (χ0v) is 23.1. The number of nitrogens with one attached hydrogen (secondary N) is 2. The zero-order chi connectivity index (χ0) is 27.1. The van der Waals surface area contributed by atoms with Crippen molar-refractivity contribution in [2.45, 2.75) is 38.3 Å². The normalized spacial score (nSPS) is 15.9. The number of carbonyl (C=O) groups excluding carboxylic acids is 1. The maximum absolute atomic E-state index is 12.8. The van der Waals surface area contributed by atoms with Gasteiger partial charge in [0.2, 0.25) is 0 Å². The van der Waals surface area contributed by atoms with Gasteiger partial charge in [-0.05, 0) is 73.7 Å². The number of rotatable bonds is 8. The Labute approximate surface area is 234 Å². The first-order chi connectivity index (χ1) is 18.3. The standard InChI is InChI=1S/C30H32Cl2N4O2/c1-3-38-21(2)36-13-11-30(12-14-36,20-34-29(37)35-28-17-26(31)16-27(32)18-28)25-9-7-23(8-10-25)24-6-4-5-22(15-24)19-33/h4-10,15-18,21H,3,11-14,20H2,1-2H3,(H2,34,35,37). The van der Waals surface area contributed by atoms with Gasteiger partial charge in [0.25, 0.3) is 0 Å². The predicted octanol–water partition coefficient (Wildman–Crippen LogP) is 7.07. The number of benzene rings is 3. The Hall–Kier alpha value is -3.08. The Bertz CT molecular complexity index is 1280. The third-order valence-electron chi connectivity index (χ3n) is 7.21. The fourth-order valence-corrected chi connectivity index (χ4v) is 5.59. The summed E-state index contributed by atoms with van der Waals surface area (Å²) in [6.45, 7) is 6.97. The lowest BCUT2D eigenvalue weighted by Crippen LogP contribution is -2.51. The van der Waals surface area contributed by atoms with Gasteiger partial charge in [0.05, 0.1) is 11.6 Å². The van der Waals surface area contributed by atoms with Crippen LogP contribution in [-0.2, 0) is 10.2 Å². The second-order valence-electron chi connectivity index (χ2n) is 9.61. The second kappa shape index (κ2) is 12.6. The second-order valence-corrected chi connectivity index (χ2v) is 10.5. The van der Waals surface area contributed by atoms with Crippen molar-refractivity contribution in [2.24, 2.45) is 0 Å². The first-order valence-corrected chi connectivity index (χ1v) is 13.6. The van der Waals surface area contributed by atoms with Crippen LogP contribution in [0.5, 0.6) is 0 Å². The van der Waals surface area contributed by atoms with Crippen molar-refractivity contribution in [2.75, 3.05) is 31.6 Å². The van der Waals surface area contributed by atoms with E-state index in [0.29, 0.717) is 34.4 Å². The van der Waals surface area contributed by atoms with Gasteiger partial charge in [0.1, 0.15) is 6.23 Å². The van der Waals surface area contributed by atoms with Crippen LogP contribution in [0, 0.1) is 11.3 Å². The van der Waals surface area contributed by atoms with Crippen molar-refractivity contribution >= 4 is 34.9 Å². The van der Waals surface area contributed by atoms with Crippen LogP contribution < -0.4 is 10.6 Å². The molecule has 1 aliphatic rings. The van der Waals surface area contributed by atoms with Crippen molar-refractivity contribution in [1.29, 1.82) is 5.26 Å². The number of urea groups is 1. The Morgan fingerprint density at radius 1 is 1.05 bits per heavy atom. The summed E-state index contributed by atoms with van der Waals surface area (Å²) in [5, 5.41) is 16.1. The van der Waals surface area contributed by atoms with Gasteiger partial charge < -0.3 is 15.4 Å². The first kappa shape index (κ1) is 27.9. The number of amides is 2. The lowest BCUT2D eigenvalue weighted by atomic mass is 9.72. The van der Waals surface area contributed by atoms with Gasteiger partial charge >= 0.3 is 6.03 Å². The lowest BCUT2D eigenvalue weighted by molar-refractivity contribution is -0.0585. The number of nitrogens with zero attached hydrogens (tertiary/aromatic N) is 2. The molecule has 3 aromatic rings. The molecule has 6 nitrogen and oxygen atoms in total. The molecule has 0 saturated carbocycles. The van der Waals surface area contributed by atoms with Crippen LogP contribution in [-0.4, -0.2) is 43.4 Å². The lowest BCUT2D eigenvalue weighted by Gasteiger charge is -2.44. The molecule has 0 radical (unpaired) electrons. The molecule has 198 valence electrons. The molecule has 1 saturated heterocycles. The molecule has 3 aromatic carbocycles. The average molecular weight is 552 g/mol. The molecule has 1 atom stereocenters. The highest BCUT2D eigenvalue weighted by Gasteiger charge is 2.37. The topological polar surface area (TPSA) is 77.4 Å².